The predicted octanol–water partition coefficient (Wildman–Crippen LogP) is 0.640. The van der Waals surface area contributed by atoms with Gasteiger partial charge in [0.05, 0.1) is 18.6 Å². The summed E-state index contributed by atoms with van der Waals surface area (Å²) in [7, 11) is 1.63. The number of alkyl halides is 2. The molecule has 88 valence electrons. The summed E-state index contributed by atoms with van der Waals surface area (Å²) < 4.78 is 30.0. The highest BCUT2D eigenvalue weighted by Gasteiger charge is 2.42. The lowest BCUT2D eigenvalue weighted by atomic mass is 10.0. The average molecular weight is 222 g/mol. The monoisotopic (exact) mass is 222 g/mol. The first-order valence-electron chi connectivity index (χ1n) is 4.98. The number of esters is 1. The van der Waals surface area contributed by atoms with E-state index in [4.69, 9.17) is 4.74 Å². The Bertz CT molecular complexity index is 226. The van der Waals surface area contributed by atoms with E-state index in [-0.39, 0.29) is 13.2 Å². The van der Waals surface area contributed by atoms with Crippen molar-refractivity contribution >= 4 is 5.97 Å². The van der Waals surface area contributed by atoms with Crippen LogP contribution in [0.5, 0.6) is 0 Å². The molecule has 6 heteroatoms. The van der Waals surface area contributed by atoms with Crippen molar-refractivity contribution in [1.82, 2.24) is 10.4 Å². The number of halogens is 2. The molecule has 1 fully saturated rings. The number of carbonyl (C=O) groups excluding carboxylic acids is 1. The minimum absolute atomic E-state index is 0.261. The quantitative estimate of drug-likeness (QED) is 0.709. The number of hydrazine groups is 1. The fourth-order valence-electron chi connectivity index (χ4n) is 1.57. The van der Waals surface area contributed by atoms with Gasteiger partial charge in [0.2, 0.25) is 0 Å². The Hall–Kier alpha value is -0.750. The van der Waals surface area contributed by atoms with Crippen LogP contribution in [0.2, 0.25) is 0 Å². The molecular formula is C9H16F2N2O2. The van der Waals surface area contributed by atoms with Crippen molar-refractivity contribution in [2.45, 2.75) is 25.8 Å². The summed E-state index contributed by atoms with van der Waals surface area (Å²) in [6.45, 7) is 2.41. The van der Waals surface area contributed by atoms with Gasteiger partial charge in [-0.3, -0.25) is 4.79 Å². The van der Waals surface area contributed by atoms with Crippen molar-refractivity contribution in [3.8, 4) is 0 Å². The first-order chi connectivity index (χ1) is 7.06. The zero-order valence-electron chi connectivity index (χ0n) is 8.87. The molecule has 0 amide bonds. The molecule has 0 bridgehead atoms. The molecule has 0 aliphatic carbocycles. The molecule has 0 saturated carbocycles. The molecule has 0 aromatic rings. The van der Waals surface area contributed by atoms with E-state index in [1.54, 1.807) is 7.05 Å². The fourth-order valence-corrected chi connectivity index (χ4v) is 1.57. The van der Waals surface area contributed by atoms with Crippen molar-refractivity contribution in [2.24, 2.45) is 5.92 Å². The summed E-state index contributed by atoms with van der Waals surface area (Å²) in [4.78, 5) is 11.4. The highest BCUT2D eigenvalue weighted by atomic mass is 19.3. The Labute approximate surface area is 87.5 Å². The zero-order chi connectivity index (χ0) is 11.4. The summed E-state index contributed by atoms with van der Waals surface area (Å²) in [5.74, 6) is -1.32. The van der Waals surface area contributed by atoms with Gasteiger partial charge in [-0.2, -0.15) is 0 Å². The summed E-state index contributed by atoms with van der Waals surface area (Å²) >= 11 is 0. The normalized spacial score (nSPS) is 27.3. The number of rotatable bonds is 4. The van der Waals surface area contributed by atoms with Gasteiger partial charge < -0.3 is 4.74 Å². The number of carbonyl (C=O) groups is 1. The Morgan fingerprint density at radius 2 is 2.33 bits per heavy atom. The number of hydrogen-bond acceptors (Lipinski definition) is 4. The molecule has 0 radical (unpaired) electrons. The lowest BCUT2D eigenvalue weighted by Crippen LogP contribution is -2.40. The Balaban J connectivity index is 2.54. The van der Waals surface area contributed by atoms with Gasteiger partial charge in [-0.25, -0.2) is 19.2 Å². The number of ether oxygens (including phenoxy) is 1. The molecule has 1 rings (SSSR count). The average Bonchev–Trinajstić information content (AvgIpc) is 2.57. The van der Waals surface area contributed by atoms with Gasteiger partial charge in [0.1, 0.15) is 0 Å². The molecule has 1 saturated heterocycles. The van der Waals surface area contributed by atoms with E-state index >= 15 is 0 Å². The van der Waals surface area contributed by atoms with E-state index in [1.807, 2.05) is 6.92 Å². The molecule has 1 N–H and O–H groups in total. The molecule has 2 unspecified atom stereocenters. The van der Waals surface area contributed by atoms with E-state index in [1.165, 1.54) is 5.01 Å². The van der Waals surface area contributed by atoms with Gasteiger partial charge in [-0.15, -0.1) is 0 Å². The Morgan fingerprint density at radius 3 is 2.87 bits per heavy atom. The van der Waals surface area contributed by atoms with Crippen LogP contribution < -0.4 is 5.43 Å². The molecule has 4 nitrogen and oxygen atoms in total. The van der Waals surface area contributed by atoms with Crippen LogP contribution >= 0.6 is 0 Å². The topological polar surface area (TPSA) is 41.6 Å². The van der Waals surface area contributed by atoms with Crippen LogP contribution in [0, 0.1) is 5.92 Å². The molecule has 1 aliphatic rings. The minimum Gasteiger partial charge on any atom is -0.465 e. The van der Waals surface area contributed by atoms with Crippen LogP contribution in [0.15, 0.2) is 0 Å². The van der Waals surface area contributed by atoms with Gasteiger partial charge in [0.15, 0.2) is 0 Å². The first kappa shape index (κ1) is 12.3. The third-order valence-electron chi connectivity index (χ3n) is 2.30. The zero-order valence-corrected chi connectivity index (χ0v) is 8.87. The number of nitrogens with zero attached hydrogens (tertiary/aromatic N) is 1. The van der Waals surface area contributed by atoms with Gasteiger partial charge >= 0.3 is 5.97 Å². The van der Waals surface area contributed by atoms with Crippen LogP contribution in [0.1, 0.15) is 13.3 Å². The second-order valence-electron chi connectivity index (χ2n) is 3.64. The van der Waals surface area contributed by atoms with Crippen molar-refractivity contribution in [3.05, 3.63) is 0 Å². The fraction of sp³-hybridized carbons (Fsp3) is 0.889. The highest BCUT2D eigenvalue weighted by molar-refractivity contribution is 5.74. The van der Waals surface area contributed by atoms with Crippen molar-refractivity contribution in [2.75, 3.05) is 20.2 Å². The summed E-state index contributed by atoms with van der Waals surface area (Å²) in [5, 5.41) is 1.49. The SMILES string of the molecule is CCCOC(=O)C1CN(C)NC1C(F)F. The minimum atomic E-state index is -2.56. The van der Waals surface area contributed by atoms with Crippen LogP contribution in [-0.4, -0.2) is 43.6 Å². The Morgan fingerprint density at radius 1 is 1.67 bits per heavy atom. The van der Waals surface area contributed by atoms with Crippen LogP contribution in [0.3, 0.4) is 0 Å². The largest absolute Gasteiger partial charge is 0.465 e. The molecule has 0 aromatic heterocycles. The van der Waals surface area contributed by atoms with E-state index in [9.17, 15) is 13.6 Å². The van der Waals surface area contributed by atoms with E-state index in [2.05, 4.69) is 5.43 Å². The number of hydrogen-bond donors (Lipinski definition) is 1. The van der Waals surface area contributed by atoms with E-state index in [0.717, 1.165) is 0 Å². The first-order valence-corrected chi connectivity index (χ1v) is 4.98. The van der Waals surface area contributed by atoms with Crippen molar-refractivity contribution in [1.29, 1.82) is 0 Å². The van der Waals surface area contributed by atoms with Crippen molar-refractivity contribution in [3.63, 3.8) is 0 Å². The van der Waals surface area contributed by atoms with Gasteiger partial charge in [-0.1, -0.05) is 6.92 Å². The maximum atomic E-state index is 12.5. The van der Waals surface area contributed by atoms with Crippen LogP contribution in [-0.2, 0) is 9.53 Å². The summed E-state index contributed by atoms with van der Waals surface area (Å²) in [6.07, 6.45) is -1.87. The van der Waals surface area contributed by atoms with Crippen molar-refractivity contribution < 1.29 is 18.3 Å². The van der Waals surface area contributed by atoms with Crippen LogP contribution in [0.4, 0.5) is 8.78 Å². The van der Waals surface area contributed by atoms with Gasteiger partial charge in [0, 0.05) is 13.6 Å². The second kappa shape index (κ2) is 5.37. The van der Waals surface area contributed by atoms with Gasteiger partial charge in [0.25, 0.3) is 6.43 Å². The molecule has 2 atom stereocenters. The highest BCUT2D eigenvalue weighted by Crippen LogP contribution is 2.20. The lowest BCUT2D eigenvalue weighted by molar-refractivity contribution is -0.149. The molecule has 1 aliphatic heterocycles. The van der Waals surface area contributed by atoms with Gasteiger partial charge in [-0.05, 0) is 6.42 Å². The Kier molecular flexibility index (Phi) is 4.41. The molecule has 1 heterocycles. The molecular weight excluding hydrogens is 206 g/mol. The predicted molar refractivity (Wildman–Crippen MR) is 50.3 cm³/mol. The maximum absolute atomic E-state index is 12.5. The maximum Gasteiger partial charge on any atom is 0.312 e. The van der Waals surface area contributed by atoms with Crippen LogP contribution in [0.25, 0.3) is 0 Å². The molecule has 15 heavy (non-hydrogen) atoms. The summed E-state index contributed by atoms with van der Waals surface area (Å²) in [6, 6.07) is -1.13. The third kappa shape index (κ3) is 3.10. The van der Waals surface area contributed by atoms with E-state index < -0.39 is 24.4 Å². The number of nitrogens with one attached hydrogen (secondary N) is 1. The molecule has 0 spiro atoms. The summed E-state index contributed by atoms with van der Waals surface area (Å²) in [5.41, 5.74) is 2.54. The standard InChI is InChI=1S/C9H16F2N2O2/c1-3-4-15-9(14)6-5-13(2)12-7(6)8(10)11/h6-8,12H,3-5H2,1-2H3. The molecule has 0 aromatic carbocycles. The lowest BCUT2D eigenvalue weighted by Gasteiger charge is -2.16. The second-order valence-corrected chi connectivity index (χ2v) is 3.64. The third-order valence-corrected chi connectivity index (χ3v) is 2.30. The van der Waals surface area contributed by atoms with E-state index in [0.29, 0.717) is 6.42 Å². The smallest absolute Gasteiger partial charge is 0.312 e.